The molecule has 3 aliphatic rings. The van der Waals surface area contributed by atoms with Gasteiger partial charge in [-0.15, -0.1) is 0 Å². The number of nitrogens with one attached hydrogen (secondary N) is 1. The molecule has 0 bridgehead atoms. The lowest BCUT2D eigenvalue weighted by molar-refractivity contribution is 0.143. The van der Waals surface area contributed by atoms with E-state index >= 15 is 0 Å². The van der Waals surface area contributed by atoms with Crippen LogP contribution < -0.4 is 5.32 Å². The Hall–Kier alpha value is -0.900. The van der Waals surface area contributed by atoms with Crippen LogP contribution in [0.25, 0.3) is 0 Å². The third-order valence-electron chi connectivity index (χ3n) is 6.29. The minimum atomic E-state index is 0.555. The molecule has 2 fully saturated rings. The van der Waals surface area contributed by atoms with E-state index in [4.69, 9.17) is 4.74 Å². The normalized spacial score (nSPS) is 31.5. The highest BCUT2D eigenvalue weighted by molar-refractivity contribution is 5.38. The lowest BCUT2D eigenvalue weighted by Crippen LogP contribution is -2.45. The average Bonchev–Trinajstić information content (AvgIpc) is 3.18. The number of likely N-dealkylation sites (tertiary alicyclic amines) is 1. The molecule has 0 amide bonds. The maximum absolute atomic E-state index is 5.52. The van der Waals surface area contributed by atoms with Gasteiger partial charge in [0.05, 0.1) is 6.61 Å². The van der Waals surface area contributed by atoms with E-state index in [0.29, 0.717) is 12.1 Å². The molecule has 3 unspecified atom stereocenters. The zero-order valence-corrected chi connectivity index (χ0v) is 15.3. The van der Waals surface area contributed by atoms with E-state index in [1.54, 1.807) is 11.1 Å². The first-order chi connectivity index (χ1) is 11.7. The Balaban J connectivity index is 1.32. The van der Waals surface area contributed by atoms with Gasteiger partial charge in [-0.3, -0.25) is 0 Å². The fraction of sp³-hybridized carbons (Fsp3) is 0.714. The summed E-state index contributed by atoms with van der Waals surface area (Å²) < 4.78 is 5.52. The predicted molar refractivity (Wildman–Crippen MR) is 98.3 cm³/mol. The number of benzene rings is 1. The van der Waals surface area contributed by atoms with Gasteiger partial charge < -0.3 is 15.0 Å². The van der Waals surface area contributed by atoms with E-state index in [-0.39, 0.29) is 0 Å². The van der Waals surface area contributed by atoms with Gasteiger partial charge in [-0.2, -0.15) is 0 Å². The molecular weight excluding hydrogens is 296 g/mol. The number of rotatable bonds is 4. The fourth-order valence-electron chi connectivity index (χ4n) is 4.84. The molecule has 1 N–H and O–H groups in total. The van der Waals surface area contributed by atoms with Crippen LogP contribution in [0.15, 0.2) is 18.2 Å². The quantitative estimate of drug-likeness (QED) is 0.918. The van der Waals surface area contributed by atoms with Crippen LogP contribution in [-0.2, 0) is 11.2 Å². The molecule has 1 aliphatic carbocycles. The maximum atomic E-state index is 5.52. The lowest BCUT2D eigenvalue weighted by Gasteiger charge is -2.36. The second kappa shape index (κ2) is 7.15. The monoisotopic (exact) mass is 328 g/mol. The highest BCUT2D eigenvalue weighted by atomic mass is 16.5. The van der Waals surface area contributed by atoms with Crippen LogP contribution in [0.1, 0.15) is 48.9 Å². The smallest absolute Gasteiger partial charge is 0.0507 e. The second-order valence-corrected chi connectivity index (χ2v) is 8.33. The summed E-state index contributed by atoms with van der Waals surface area (Å²) in [6.45, 7) is 10.3. The van der Waals surface area contributed by atoms with E-state index in [1.165, 1.54) is 50.9 Å². The first kappa shape index (κ1) is 16.6. The van der Waals surface area contributed by atoms with E-state index < -0.39 is 0 Å². The number of piperidine rings is 1. The van der Waals surface area contributed by atoms with E-state index in [1.807, 2.05) is 0 Å². The Labute approximate surface area is 146 Å². The molecule has 1 aromatic rings. The minimum absolute atomic E-state index is 0.555. The molecule has 4 rings (SSSR count). The van der Waals surface area contributed by atoms with Gasteiger partial charge in [0, 0.05) is 25.2 Å². The van der Waals surface area contributed by atoms with Crippen LogP contribution in [0.4, 0.5) is 0 Å². The number of aryl methyl sites for hydroxylation is 1. The summed E-state index contributed by atoms with van der Waals surface area (Å²) in [6.07, 6.45) is 5.07. The summed E-state index contributed by atoms with van der Waals surface area (Å²) in [7, 11) is 0. The first-order valence-corrected chi connectivity index (χ1v) is 9.84. The molecule has 1 aromatic carbocycles. The molecule has 0 radical (unpaired) electrons. The maximum Gasteiger partial charge on any atom is 0.0507 e. The zero-order chi connectivity index (χ0) is 16.5. The van der Waals surface area contributed by atoms with Crippen LogP contribution in [0, 0.1) is 18.8 Å². The van der Waals surface area contributed by atoms with Crippen LogP contribution in [0.5, 0.6) is 0 Å². The van der Waals surface area contributed by atoms with Crippen molar-refractivity contribution in [3.05, 3.63) is 34.9 Å². The van der Waals surface area contributed by atoms with Crippen LogP contribution >= 0.6 is 0 Å². The van der Waals surface area contributed by atoms with Crippen molar-refractivity contribution in [1.29, 1.82) is 0 Å². The van der Waals surface area contributed by atoms with Crippen LogP contribution in [-0.4, -0.2) is 43.8 Å². The highest BCUT2D eigenvalue weighted by Gasteiger charge is 2.32. The fourth-order valence-corrected chi connectivity index (χ4v) is 4.84. The molecule has 132 valence electrons. The van der Waals surface area contributed by atoms with Crippen molar-refractivity contribution < 1.29 is 4.74 Å². The molecule has 0 saturated carbocycles. The van der Waals surface area contributed by atoms with Gasteiger partial charge in [0.25, 0.3) is 0 Å². The summed E-state index contributed by atoms with van der Waals surface area (Å²) in [5.74, 6) is 1.50. The highest BCUT2D eigenvalue weighted by Crippen LogP contribution is 2.37. The third kappa shape index (κ3) is 3.54. The van der Waals surface area contributed by atoms with Crippen molar-refractivity contribution in [2.45, 2.75) is 51.6 Å². The van der Waals surface area contributed by atoms with E-state index in [9.17, 15) is 0 Å². The van der Waals surface area contributed by atoms with Crippen molar-refractivity contribution in [1.82, 2.24) is 10.2 Å². The number of hydrogen-bond acceptors (Lipinski definition) is 3. The van der Waals surface area contributed by atoms with Gasteiger partial charge in [-0.25, -0.2) is 0 Å². The Morgan fingerprint density at radius 3 is 2.79 bits per heavy atom. The number of hydrogen-bond donors (Lipinski definition) is 1. The minimum Gasteiger partial charge on any atom is -0.381 e. The molecule has 3 nitrogen and oxygen atoms in total. The van der Waals surface area contributed by atoms with Gasteiger partial charge in [-0.05, 0) is 68.7 Å². The summed E-state index contributed by atoms with van der Waals surface area (Å²) in [5.41, 5.74) is 4.51. The average molecular weight is 329 g/mol. The lowest BCUT2D eigenvalue weighted by atomic mass is 9.97. The largest absolute Gasteiger partial charge is 0.381 e. The summed E-state index contributed by atoms with van der Waals surface area (Å²) >= 11 is 0. The van der Waals surface area contributed by atoms with Gasteiger partial charge >= 0.3 is 0 Å². The number of nitrogens with zero attached hydrogens (tertiary/aromatic N) is 1. The molecule has 2 saturated heterocycles. The first-order valence-electron chi connectivity index (χ1n) is 9.84. The van der Waals surface area contributed by atoms with E-state index in [0.717, 1.165) is 25.0 Å². The van der Waals surface area contributed by atoms with E-state index in [2.05, 4.69) is 42.3 Å². The summed E-state index contributed by atoms with van der Waals surface area (Å²) in [6, 6.07) is 8.25. The Morgan fingerprint density at radius 1 is 1.21 bits per heavy atom. The molecule has 3 atom stereocenters. The van der Waals surface area contributed by atoms with Crippen molar-refractivity contribution in [2.75, 3.05) is 32.8 Å². The third-order valence-corrected chi connectivity index (χ3v) is 6.29. The van der Waals surface area contributed by atoms with Crippen molar-refractivity contribution in [2.24, 2.45) is 11.8 Å². The summed E-state index contributed by atoms with van der Waals surface area (Å²) in [5, 5.41) is 4.01. The van der Waals surface area contributed by atoms with Crippen molar-refractivity contribution in [3.8, 4) is 0 Å². The van der Waals surface area contributed by atoms with Crippen molar-refractivity contribution >= 4 is 0 Å². The molecular formula is C21H32N2O. The predicted octanol–water partition coefficient (Wildman–Crippen LogP) is 3.32. The molecule has 3 heteroatoms. The Bertz CT molecular complexity index is 559. The van der Waals surface area contributed by atoms with Gasteiger partial charge in [0.15, 0.2) is 0 Å². The van der Waals surface area contributed by atoms with Crippen LogP contribution in [0.3, 0.4) is 0 Å². The molecule has 0 spiro atoms. The standard InChI is InChI=1S/C21H32N2O/c1-15-3-4-18-12-16(2)21(20(18)11-15)22-19-5-8-23(9-6-19)13-17-7-10-24-14-17/h3-4,11,16-17,19,21-22H,5-10,12-14H2,1-2H3. The molecule has 0 aromatic heterocycles. The Kier molecular flexibility index (Phi) is 4.93. The molecule has 2 heterocycles. The number of fused-ring (bicyclic) bond motifs is 1. The van der Waals surface area contributed by atoms with Gasteiger partial charge in [0.1, 0.15) is 0 Å². The molecule has 24 heavy (non-hydrogen) atoms. The van der Waals surface area contributed by atoms with Gasteiger partial charge in [0.2, 0.25) is 0 Å². The topological polar surface area (TPSA) is 24.5 Å². The Morgan fingerprint density at radius 2 is 2.04 bits per heavy atom. The van der Waals surface area contributed by atoms with Crippen LogP contribution in [0.2, 0.25) is 0 Å². The zero-order valence-electron chi connectivity index (χ0n) is 15.3. The molecule has 2 aliphatic heterocycles. The second-order valence-electron chi connectivity index (χ2n) is 8.33. The SMILES string of the molecule is Cc1ccc2c(c1)C(NC1CCN(CC3CCOC3)CC1)C(C)C2. The number of ether oxygens (including phenoxy) is 1. The summed E-state index contributed by atoms with van der Waals surface area (Å²) in [4.78, 5) is 2.66. The van der Waals surface area contributed by atoms with Crippen molar-refractivity contribution in [3.63, 3.8) is 0 Å². The van der Waals surface area contributed by atoms with Gasteiger partial charge in [-0.1, -0.05) is 30.7 Å².